The number of carbonyl (C=O) groups is 2. The molecular formula is C12H14O2. The summed E-state index contributed by atoms with van der Waals surface area (Å²) in [6.07, 6.45) is 8.69. The summed E-state index contributed by atoms with van der Waals surface area (Å²) in [5, 5.41) is 0. The summed E-state index contributed by atoms with van der Waals surface area (Å²) in [5.41, 5.74) is 0.438. The van der Waals surface area contributed by atoms with Gasteiger partial charge in [-0.05, 0) is 37.0 Å². The maximum absolute atomic E-state index is 11.1. The number of rotatable bonds is 2. The van der Waals surface area contributed by atoms with E-state index in [1.54, 1.807) is 0 Å². The summed E-state index contributed by atoms with van der Waals surface area (Å²) in [6, 6.07) is 0. The lowest BCUT2D eigenvalue weighted by molar-refractivity contribution is -0.114. The summed E-state index contributed by atoms with van der Waals surface area (Å²) in [7, 11) is 0. The predicted octanol–water partition coefficient (Wildman–Crippen LogP) is 1.75. The van der Waals surface area contributed by atoms with E-state index < -0.39 is 0 Å². The van der Waals surface area contributed by atoms with E-state index in [2.05, 4.69) is 6.08 Å². The zero-order chi connectivity index (χ0) is 9.76. The summed E-state index contributed by atoms with van der Waals surface area (Å²) >= 11 is 0. The normalized spacial score (nSPS) is 48.9. The molecule has 0 aromatic carbocycles. The molecule has 14 heavy (non-hydrogen) atoms. The molecule has 0 bridgehead atoms. The number of hydrogen-bond donors (Lipinski definition) is 0. The average Bonchev–Trinajstić information content (AvgIpc) is 2.80. The Kier molecular flexibility index (Phi) is 1.53. The van der Waals surface area contributed by atoms with Crippen molar-refractivity contribution >= 4 is 12.6 Å². The number of carbonyl (C=O) groups excluding carboxylic acids is 2. The third-order valence-corrected chi connectivity index (χ3v) is 4.47. The Morgan fingerprint density at radius 2 is 2.21 bits per heavy atom. The third kappa shape index (κ3) is 0.819. The Hall–Kier alpha value is -0.920. The minimum atomic E-state index is -0.340. The van der Waals surface area contributed by atoms with Crippen LogP contribution in [0, 0.1) is 23.2 Å². The van der Waals surface area contributed by atoms with Gasteiger partial charge in [-0.3, -0.25) is 4.79 Å². The van der Waals surface area contributed by atoms with Gasteiger partial charge in [0.1, 0.15) is 12.6 Å². The van der Waals surface area contributed by atoms with Crippen LogP contribution in [0.1, 0.15) is 25.7 Å². The standard InChI is InChI=1S/C12H14O2/c13-6-9-4-8-2-1-3-10(8)11-5-12(9,11)7-14/h4,6-8,10-11H,1-3,5H2. The van der Waals surface area contributed by atoms with Crippen molar-refractivity contribution < 1.29 is 9.59 Å². The second kappa shape index (κ2) is 2.56. The van der Waals surface area contributed by atoms with Crippen LogP contribution in [0.5, 0.6) is 0 Å². The van der Waals surface area contributed by atoms with Crippen molar-refractivity contribution in [2.45, 2.75) is 25.7 Å². The molecular weight excluding hydrogens is 176 g/mol. The van der Waals surface area contributed by atoms with Gasteiger partial charge >= 0.3 is 0 Å². The molecule has 2 heteroatoms. The third-order valence-electron chi connectivity index (χ3n) is 4.47. The molecule has 0 aliphatic heterocycles. The van der Waals surface area contributed by atoms with Gasteiger partial charge in [0.05, 0.1) is 5.41 Å². The van der Waals surface area contributed by atoms with Gasteiger partial charge in [0.2, 0.25) is 0 Å². The van der Waals surface area contributed by atoms with Gasteiger partial charge in [-0.2, -0.15) is 0 Å². The zero-order valence-electron chi connectivity index (χ0n) is 8.11. The van der Waals surface area contributed by atoms with Gasteiger partial charge in [-0.25, -0.2) is 0 Å². The summed E-state index contributed by atoms with van der Waals surface area (Å²) in [4.78, 5) is 22.0. The van der Waals surface area contributed by atoms with E-state index in [9.17, 15) is 9.59 Å². The lowest BCUT2D eigenvalue weighted by Gasteiger charge is -2.25. The van der Waals surface area contributed by atoms with Gasteiger partial charge in [0.25, 0.3) is 0 Å². The highest BCUT2D eigenvalue weighted by molar-refractivity contribution is 5.88. The van der Waals surface area contributed by atoms with E-state index in [0.29, 0.717) is 17.8 Å². The molecule has 3 rings (SSSR count). The molecule has 0 N–H and O–H groups in total. The number of aldehydes is 2. The molecule has 3 aliphatic carbocycles. The van der Waals surface area contributed by atoms with Crippen LogP contribution in [-0.2, 0) is 9.59 Å². The Morgan fingerprint density at radius 1 is 1.36 bits per heavy atom. The zero-order valence-corrected chi connectivity index (χ0v) is 8.11. The van der Waals surface area contributed by atoms with Crippen LogP contribution in [0.3, 0.4) is 0 Å². The van der Waals surface area contributed by atoms with Crippen molar-refractivity contribution in [3.8, 4) is 0 Å². The Balaban J connectivity index is 2.03. The van der Waals surface area contributed by atoms with Crippen LogP contribution >= 0.6 is 0 Å². The van der Waals surface area contributed by atoms with Gasteiger partial charge in [-0.1, -0.05) is 12.5 Å². The molecule has 4 atom stereocenters. The SMILES string of the molecule is O=CC1=CC2CCCC2C2CC12C=O. The maximum atomic E-state index is 11.1. The fourth-order valence-corrected chi connectivity index (χ4v) is 3.63. The van der Waals surface area contributed by atoms with Crippen LogP contribution in [0.15, 0.2) is 11.6 Å². The Labute approximate surface area is 83.4 Å². The van der Waals surface area contributed by atoms with Crippen LogP contribution in [0.2, 0.25) is 0 Å². The number of allylic oxidation sites excluding steroid dienone is 2. The molecule has 0 saturated heterocycles. The monoisotopic (exact) mass is 190 g/mol. The van der Waals surface area contributed by atoms with Crippen LogP contribution < -0.4 is 0 Å². The van der Waals surface area contributed by atoms with E-state index in [1.807, 2.05) is 0 Å². The van der Waals surface area contributed by atoms with Crippen LogP contribution in [0.4, 0.5) is 0 Å². The van der Waals surface area contributed by atoms with Crippen molar-refractivity contribution in [2.75, 3.05) is 0 Å². The van der Waals surface area contributed by atoms with E-state index in [0.717, 1.165) is 24.6 Å². The molecule has 2 fully saturated rings. The van der Waals surface area contributed by atoms with E-state index in [-0.39, 0.29) is 5.41 Å². The Morgan fingerprint density at radius 3 is 2.93 bits per heavy atom. The fourth-order valence-electron chi connectivity index (χ4n) is 3.63. The second-order valence-electron chi connectivity index (χ2n) is 4.97. The minimum absolute atomic E-state index is 0.340. The van der Waals surface area contributed by atoms with Crippen LogP contribution in [-0.4, -0.2) is 12.6 Å². The highest BCUT2D eigenvalue weighted by atomic mass is 16.1. The van der Waals surface area contributed by atoms with Gasteiger partial charge < -0.3 is 4.79 Å². The number of fused-ring (bicyclic) bond motifs is 3. The molecule has 3 aliphatic rings. The number of hydrogen-bond acceptors (Lipinski definition) is 2. The molecule has 4 unspecified atom stereocenters. The van der Waals surface area contributed by atoms with Gasteiger partial charge in [-0.15, -0.1) is 0 Å². The molecule has 0 radical (unpaired) electrons. The highest BCUT2D eigenvalue weighted by Gasteiger charge is 2.63. The fraction of sp³-hybridized carbons (Fsp3) is 0.667. The second-order valence-corrected chi connectivity index (χ2v) is 4.97. The predicted molar refractivity (Wildman–Crippen MR) is 51.6 cm³/mol. The molecule has 0 aromatic heterocycles. The molecule has 0 heterocycles. The summed E-state index contributed by atoms with van der Waals surface area (Å²) in [5.74, 6) is 1.79. The lowest BCUT2D eigenvalue weighted by atomic mass is 9.77. The molecule has 2 saturated carbocycles. The molecule has 0 amide bonds. The lowest BCUT2D eigenvalue weighted by Crippen LogP contribution is -2.24. The first-order valence-electron chi connectivity index (χ1n) is 5.45. The first-order valence-corrected chi connectivity index (χ1v) is 5.45. The summed E-state index contributed by atoms with van der Waals surface area (Å²) < 4.78 is 0. The molecule has 74 valence electrons. The van der Waals surface area contributed by atoms with Gasteiger partial charge in [0.15, 0.2) is 0 Å². The van der Waals surface area contributed by atoms with Crippen LogP contribution in [0.25, 0.3) is 0 Å². The van der Waals surface area contributed by atoms with Crippen molar-refractivity contribution in [3.05, 3.63) is 11.6 Å². The van der Waals surface area contributed by atoms with Crippen molar-refractivity contribution in [1.29, 1.82) is 0 Å². The molecule has 2 nitrogen and oxygen atoms in total. The van der Waals surface area contributed by atoms with Crippen molar-refractivity contribution in [1.82, 2.24) is 0 Å². The van der Waals surface area contributed by atoms with Crippen molar-refractivity contribution in [3.63, 3.8) is 0 Å². The first kappa shape index (κ1) is 8.39. The average molecular weight is 190 g/mol. The topological polar surface area (TPSA) is 34.1 Å². The maximum Gasteiger partial charge on any atom is 0.146 e. The summed E-state index contributed by atoms with van der Waals surface area (Å²) in [6.45, 7) is 0. The largest absolute Gasteiger partial charge is 0.302 e. The molecule has 0 aromatic rings. The van der Waals surface area contributed by atoms with Gasteiger partial charge in [0, 0.05) is 5.57 Å². The molecule has 0 spiro atoms. The minimum Gasteiger partial charge on any atom is -0.302 e. The smallest absolute Gasteiger partial charge is 0.146 e. The van der Waals surface area contributed by atoms with E-state index in [4.69, 9.17) is 0 Å². The van der Waals surface area contributed by atoms with E-state index in [1.165, 1.54) is 19.3 Å². The first-order chi connectivity index (χ1) is 6.81. The quantitative estimate of drug-likeness (QED) is 0.622. The highest BCUT2D eigenvalue weighted by Crippen LogP contribution is 2.66. The van der Waals surface area contributed by atoms with Crippen molar-refractivity contribution in [2.24, 2.45) is 23.2 Å². The van der Waals surface area contributed by atoms with E-state index >= 15 is 0 Å². The Bertz CT molecular complexity index is 331.